The van der Waals surface area contributed by atoms with E-state index < -0.39 is 31.7 Å². The molecule has 8 rings (SSSR count). The van der Waals surface area contributed by atoms with Gasteiger partial charge in [-0.3, -0.25) is 9.98 Å². The van der Waals surface area contributed by atoms with Gasteiger partial charge in [0.25, 0.3) is 0 Å². The summed E-state index contributed by atoms with van der Waals surface area (Å²) in [5.41, 5.74) is 8.50. The molecule has 0 aromatic heterocycles. The Morgan fingerprint density at radius 3 is 1.10 bits per heavy atom. The van der Waals surface area contributed by atoms with Crippen molar-refractivity contribution >= 4 is 76.8 Å². The van der Waals surface area contributed by atoms with Gasteiger partial charge in [0.05, 0.1) is 22.9 Å². The molecule has 71 heavy (non-hydrogen) atoms. The summed E-state index contributed by atoms with van der Waals surface area (Å²) in [5.74, 6) is 1.68. The van der Waals surface area contributed by atoms with Gasteiger partial charge in [-0.1, -0.05) is 199 Å². The maximum absolute atomic E-state index is 6.85. The van der Waals surface area contributed by atoms with Gasteiger partial charge in [-0.05, 0) is 159 Å². The minimum Gasteiger partial charge on any atom is -0.806 e. The third kappa shape index (κ3) is 13.5. The smallest absolute Gasteiger partial charge is 0.345 e. The lowest BCUT2D eigenvalue weighted by molar-refractivity contribution is 0.373. The molecule has 0 fully saturated rings. The van der Waals surface area contributed by atoms with Crippen LogP contribution >= 0.6 is 15.8 Å². The molecule has 1 aliphatic heterocycles. The number of fused-ring (bicyclic) bond motifs is 3. The van der Waals surface area contributed by atoms with Crippen LogP contribution < -0.4 is 28.8 Å². The highest BCUT2D eigenvalue weighted by Crippen LogP contribution is 2.44. The maximum atomic E-state index is 6.85. The maximum Gasteiger partial charge on any atom is 0.345 e. The highest BCUT2D eigenvalue weighted by atomic mass is 31.1. The first-order chi connectivity index (χ1) is 34.7. The van der Waals surface area contributed by atoms with Crippen LogP contribution in [-0.2, 0) is 10.8 Å². The molecule has 1 heterocycles. The van der Waals surface area contributed by atoms with Crippen LogP contribution in [0.3, 0.4) is 0 Å². The minimum atomic E-state index is -0.894. The first-order valence-electron chi connectivity index (χ1n) is 26.1. The molecule has 7 aromatic rings. The molecular formula is C64H72AlN2O2P2-. The second kappa shape index (κ2) is 25.5. The highest BCUT2D eigenvalue weighted by Gasteiger charge is 2.30. The van der Waals surface area contributed by atoms with E-state index in [-0.39, 0.29) is 10.8 Å². The Morgan fingerprint density at radius 1 is 0.437 bits per heavy atom. The zero-order valence-electron chi connectivity index (χ0n) is 43.0. The SMILES string of the molecule is CCCCC(C)(CCCC)c1cc(C)c2c(c1)C=Nc1ccccc1N=Cc1cc(C(C)(CCCP(c3ccccc3)c3ccccc3)CCCP(c3ccccc3)c3ccccc3)cc(C)c1[O][Al-][O]2. The number of aliphatic imine (C=N–C) groups is 2. The first kappa shape index (κ1) is 52.2. The van der Waals surface area contributed by atoms with Gasteiger partial charge in [-0.2, -0.15) is 0 Å². The Balaban J connectivity index is 1.15. The predicted octanol–water partition coefficient (Wildman–Crippen LogP) is 15.8. The zero-order valence-corrected chi connectivity index (χ0v) is 45.9. The summed E-state index contributed by atoms with van der Waals surface area (Å²) in [6, 6.07) is 62.4. The van der Waals surface area contributed by atoms with Crippen LogP contribution in [0.25, 0.3) is 0 Å². The number of hydrogen-bond acceptors (Lipinski definition) is 4. The van der Waals surface area contributed by atoms with Crippen LogP contribution in [0.4, 0.5) is 11.4 Å². The molecule has 7 heteroatoms. The number of unbranched alkanes of at least 4 members (excludes halogenated alkanes) is 2. The van der Waals surface area contributed by atoms with Gasteiger partial charge in [0.1, 0.15) is 0 Å². The number of hydrogen-bond donors (Lipinski definition) is 0. The van der Waals surface area contributed by atoms with Crippen molar-refractivity contribution in [2.75, 3.05) is 12.3 Å². The normalized spacial score (nSPS) is 12.8. The second-order valence-electron chi connectivity index (χ2n) is 19.9. The molecule has 0 bridgehead atoms. The Labute approximate surface area is 435 Å². The van der Waals surface area contributed by atoms with E-state index in [0.29, 0.717) is 0 Å². The van der Waals surface area contributed by atoms with Crippen LogP contribution in [0.15, 0.2) is 180 Å². The number of benzene rings is 7. The predicted molar refractivity (Wildman–Crippen MR) is 310 cm³/mol. The fraction of sp³-hybridized carbons (Fsp3) is 0.312. The van der Waals surface area contributed by atoms with Crippen molar-refractivity contribution in [3.8, 4) is 11.5 Å². The molecular weight excluding hydrogens is 918 g/mol. The average molecular weight is 990 g/mol. The van der Waals surface area contributed by atoms with Crippen molar-refractivity contribution in [3.05, 3.63) is 203 Å². The Hall–Kier alpha value is -5.13. The second-order valence-corrected chi connectivity index (χ2v) is 25.3. The summed E-state index contributed by atoms with van der Waals surface area (Å²) >= 11 is -0.894. The number of aryl methyl sites for hydroxylation is 2. The molecule has 0 amide bonds. The molecule has 0 unspecified atom stereocenters. The van der Waals surface area contributed by atoms with Crippen LogP contribution in [0.2, 0.25) is 0 Å². The Kier molecular flexibility index (Phi) is 18.8. The van der Waals surface area contributed by atoms with Crippen molar-refractivity contribution in [2.45, 2.75) is 117 Å². The quantitative estimate of drug-likeness (QED) is 0.0564. The highest BCUT2D eigenvalue weighted by molar-refractivity contribution is 7.73. The average Bonchev–Trinajstić information content (AvgIpc) is 3.42. The summed E-state index contributed by atoms with van der Waals surface area (Å²) in [7, 11) is -1.02. The Bertz CT molecular complexity index is 2660. The van der Waals surface area contributed by atoms with Crippen LogP contribution in [-0.4, -0.2) is 40.6 Å². The van der Waals surface area contributed by atoms with Gasteiger partial charge in [-0.15, -0.1) is 0 Å². The molecule has 0 atom stereocenters. The molecule has 0 saturated heterocycles. The number of rotatable bonds is 20. The first-order valence-corrected chi connectivity index (χ1v) is 30.1. The third-order valence-corrected chi connectivity index (χ3v) is 20.4. The van der Waals surface area contributed by atoms with E-state index in [9.17, 15) is 0 Å². The molecule has 0 saturated carbocycles. The van der Waals surface area contributed by atoms with Crippen molar-refractivity contribution in [1.82, 2.24) is 0 Å². The molecule has 7 aromatic carbocycles. The number of nitrogens with zero attached hydrogens (tertiary/aromatic N) is 2. The van der Waals surface area contributed by atoms with Gasteiger partial charge in [0, 0.05) is 23.6 Å². The van der Waals surface area contributed by atoms with E-state index in [1.807, 2.05) is 18.5 Å². The van der Waals surface area contributed by atoms with Gasteiger partial charge in [0.2, 0.25) is 0 Å². The van der Waals surface area contributed by atoms with Crippen LogP contribution in [0, 0.1) is 13.8 Å². The molecule has 4 nitrogen and oxygen atoms in total. The molecule has 364 valence electrons. The lowest BCUT2D eigenvalue weighted by Crippen LogP contribution is -2.25. The van der Waals surface area contributed by atoms with Gasteiger partial charge in [0.15, 0.2) is 0 Å². The van der Waals surface area contributed by atoms with Crippen molar-refractivity contribution in [2.24, 2.45) is 9.98 Å². The van der Waals surface area contributed by atoms with Gasteiger partial charge < -0.3 is 7.58 Å². The largest absolute Gasteiger partial charge is 0.806 e. The molecule has 2 radical (unpaired) electrons. The van der Waals surface area contributed by atoms with Crippen molar-refractivity contribution in [1.29, 1.82) is 0 Å². The van der Waals surface area contributed by atoms with E-state index in [1.54, 1.807) is 0 Å². The summed E-state index contributed by atoms with van der Waals surface area (Å²) in [6.07, 6.45) is 17.7. The van der Waals surface area contributed by atoms with Crippen LogP contribution in [0.5, 0.6) is 11.5 Å². The summed E-state index contributed by atoms with van der Waals surface area (Å²) in [5, 5.41) is 5.77. The minimum absolute atomic E-state index is 0.0768. The fourth-order valence-corrected chi connectivity index (χ4v) is 15.9. The van der Waals surface area contributed by atoms with E-state index in [1.165, 1.54) is 58.0 Å². The molecule has 1 aliphatic rings. The topological polar surface area (TPSA) is 43.2 Å². The fourth-order valence-electron chi connectivity index (χ4n) is 10.4. The summed E-state index contributed by atoms with van der Waals surface area (Å²) < 4.78 is 13.6. The third-order valence-electron chi connectivity index (χ3n) is 14.6. The molecule has 0 N–H and O–H groups in total. The molecule has 0 aliphatic carbocycles. The van der Waals surface area contributed by atoms with E-state index in [0.717, 1.165) is 96.0 Å². The monoisotopic (exact) mass is 989 g/mol. The van der Waals surface area contributed by atoms with Gasteiger partial charge >= 0.3 is 15.9 Å². The van der Waals surface area contributed by atoms with E-state index in [4.69, 9.17) is 17.6 Å². The number of para-hydroxylation sites is 2. The van der Waals surface area contributed by atoms with Crippen LogP contribution in [0.1, 0.15) is 125 Å². The van der Waals surface area contributed by atoms with E-state index >= 15 is 0 Å². The van der Waals surface area contributed by atoms with E-state index in [2.05, 4.69) is 205 Å². The standard InChI is InChI=1S/C64H74N2O2P2.Al/c1-7-9-37-63(5,38-10-8-2)53-43-49(3)61(67)51(45-53)47-65-59-35-23-24-36-60(59)66-48-52-46-54(44-50(4)62(52)68)64(6,39-25-41-69(55-27-15-11-16-28-55)56-29-17-12-18-30-56)40-26-42-70(57-31-19-13-20-32-57)58-33-21-14-22-34-58;/h11-24,27-36,43-48,67-68H,7-10,25-26,37-42H2,1-6H3;/q;+1/p-2. The zero-order chi connectivity index (χ0) is 49.5. The van der Waals surface area contributed by atoms with Crippen molar-refractivity contribution < 1.29 is 7.58 Å². The molecule has 0 spiro atoms. The summed E-state index contributed by atoms with van der Waals surface area (Å²) in [6.45, 7) is 14.0. The lowest BCUT2D eigenvalue weighted by atomic mass is 9.73. The van der Waals surface area contributed by atoms with Crippen molar-refractivity contribution in [3.63, 3.8) is 0 Å². The summed E-state index contributed by atoms with van der Waals surface area (Å²) in [4.78, 5) is 10.4. The van der Waals surface area contributed by atoms with Gasteiger partial charge in [-0.25, -0.2) is 0 Å². The Morgan fingerprint density at radius 2 is 0.761 bits per heavy atom. The lowest BCUT2D eigenvalue weighted by Gasteiger charge is -2.35.